The van der Waals surface area contributed by atoms with Crippen molar-refractivity contribution in [3.63, 3.8) is 0 Å². The molecule has 1 heterocycles. The summed E-state index contributed by atoms with van der Waals surface area (Å²) in [5.41, 5.74) is 6.71. The third-order valence-electron chi connectivity index (χ3n) is 5.16. The summed E-state index contributed by atoms with van der Waals surface area (Å²) in [5, 5.41) is 3.06. The Labute approximate surface area is 158 Å². The Morgan fingerprint density at radius 3 is 2.44 bits per heavy atom. The summed E-state index contributed by atoms with van der Waals surface area (Å²) >= 11 is 0. The minimum atomic E-state index is -1.08. The lowest BCUT2D eigenvalue weighted by Gasteiger charge is -2.34. The van der Waals surface area contributed by atoms with Gasteiger partial charge in [-0.25, -0.2) is 8.78 Å². The van der Waals surface area contributed by atoms with E-state index < -0.39 is 17.2 Å². The fourth-order valence-electron chi connectivity index (χ4n) is 3.38. The molecule has 0 radical (unpaired) electrons. The molecule has 1 fully saturated rings. The molecule has 1 unspecified atom stereocenters. The second-order valence-electron chi connectivity index (χ2n) is 7.34. The number of carbonyl (C=O) groups is 1. The van der Waals surface area contributed by atoms with Crippen molar-refractivity contribution in [1.29, 1.82) is 0 Å². The molecule has 1 aliphatic heterocycles. The summed E-state index contributed by atoms with van der Waals surface area (Å²) in [6, 6.07) is 13.4. The van der Waals surface area contributed by atoms with Gasteiger partial charge in [0.15, 0.2) is 11.6 Å². The molecule has 1 saturated heterocycles. The number of likely N-dealkylation sites (tertiary alicyclic amines) is 1. The van der Waals surface area contributed by atoms with E-state index in [2.05, 4.69) is 10.2 Å². The van der Waals surface area contributed by atoms with Crippen molar-refractivity contribution in [2.75, 3.05) is 13.1 Å². The maximum atomic E-state index is 13.3. The van der Waals surface area contributed by atoms with Crippen LogP contribution in [0.2, 0.25) is 0 Å². The monoisotopic (exact) mass is 373 g/mol. The first-order valence-electron chi connectivity index (χ1n) is 9.18. The van der Waals surface area contributed by atoms with Gasteiger partial charge in [-0.05, 0) is 43.0 Å². The van der Waals surface area contributed by atoms with Crippen molar-refractivity contribution >= 4 is 5.91 Å². The second-order valence-corrected chi connectivity index (χ2v) is 7.34. The van der Waals surface area contributed by atoms with Crippen molar-refractivity contribution in [2.24, 2.45) is 5.73 Å². The Morgan fingerprint density at radius 2 is 1.81 bits per heavy atom. The molecule has 0 bridgehead atoms. The lowest BCUT2D eigenvalue weighted by molar-refractivity contribution is -0.127. The topological polar surface area (TPSA) is 58.4 Å². The molecule has 3 rings (SSSR count). The van der Waals surface area contributed by atoms with E-state index >= 15 is 0 Å². The largest absolute Gasteiger partial charge is 0.351 e. The third-order valence-corrected chi connectivity index (χ3v) is 5.16. The van der Waals surface area contributed by atoms with Gasteiger partial charge < -0.3 is 11.1 Å². The lowest BCUT2D eigenvalue weighted by atomic mass is 9.91. The number of piperidine rings is 1. The molecule has 2 aromatic rings. The Hall–Kier alpha value is -2.31. The molecule has 0 aliphatic carbocycles. The summed E-state index contributed by atoms with van der Waals surface area (Å²) in [7, 11) is 0. The quantitative estimate of drug-likeness (QED) is 0.847. The van der Waals surface area contributed by atoms with Crippen LogP contribution >= 0.6 is 0 Å². The maximum absolute atomic E-state index is 13.3. The Morgan fingerprint density at radius 1 is 1.15 bits per heavy atom. The number of benzene rings is 2. The molecule has 27 heavy (non-hydrogen) atoms. The third kappa shape index (κ3) is 4.70. The van der Waals surface area contributed by atoms with Gasteiger partial charge in [0.2, 0.25) is 5.91 Å². The lowest BCUT2D eigenvalue weighted by Crippen LogP contribution is -2.54. The number of carbonyl (C=O) groups excluding carboxylic acids is 1. The molecule has 6 heteroatoms. The van der Waals surface area contributed by atoms with E-state index in [1.807, 2.05) is 30.3 Å². The highest BCUT2D eigenvalue weighted by Gasteiger charge is 2.32. The smallest absolute Gasteiger partial charge is 0.244 e. The molecule has 1 amide bonds. The fraction of sp³-hybridized carbons (Fsp3) is 0.381. The minimum Gasteiger partial charge on any atom is -0.351 e. The van der Waals surface area contributed by atoms with E-state index in [9.17, 15) is 13.6 Å². The molecular formula is C21H25F2N3O. The molecular weight excluding hydrogens is 348 g/mol. The molecule has 0 spiro atoms. The highest BCUT2D eigenvalue weighted by atomic mass is 19.2. The van der Waals surface area contributed by atoms with Crippen molar-refractivity contribution in [3.8, 4) is 0 Å². The highest BCUT2D eigenvalue weighted by molar-refractivity contribution is 5.87. The maximum Gasteiger partial charge on any atom is 0.244 e. The van der Waals surface area contributed by atoms with E-state index in [0.717, 1.165) is 43.1 Å². The van der Waals surface area contributed by atoms with Crippen LogP contribution in [0.15, 0.2) is 48.5 Å². The summed E-state index contributed by atoms with van der Waals surface area (Å²) in [5.74, 6) is -1.84. The van der Waals surface area contributed by atoms with Gasteiger partial charge >= 0.3 is 0 Å². The molecule has 144 valence electrons. The molecule has 2 aromatic carbocycles. The van der Waals surface area contributed by atoms with Crippen molar-refractivity contribution in [2.45, 2.75) is 37.9 Å². The van der Waals surface area contributed by atoms with Crippen LogP contribution in [0.3, 0.4) is 0 Å². The Balaban J connectivity index is 1.52. The molecule has 0 aromatic heterocycles. The number of nitrogens with zero attached hydrogens (tertiary/aromatic N) is 1. The van der Waals surface area contributed by atoms with Gasteiger partial charge in [0.25, 0.3) is 0 Å². The van der Waals surface area contributed by atoms with Gasteiger partial charge in [-0.2, -0.15) is 0 Å². The number of nitrogens with two attached hydrogens (primary N) is 1. The van der Waals surface area contributed by atoms with Crippen LogP contribution in [0.25, 0.3) is 0 Å². The average Bonchev–Trinajstić information content (AvgIpc) is 2.67. The summed E-state index contributed by atoms with van der Waals surface area (Å²) in [6.07, 6.45) is 1.58. The van der Waals surface area contributed by atoms with Gasteiger partial charge in [0, 0.05) is 25.7 Å². The van der Waals surface area contributed by atoms with Crippen LogP contribution in [0.5, 0.6) is 0 Å². The number of hydrogen-bond acceptors (Lipinski definition) is 3. The van der Waals surface area contributed by atoms with Crippen molar-refractivity contribution in [3.05, 3.63) is 71.3 Å². The van der Waals surface area contributed by atoms with E-state index in [0.29, 0.717) is 6.54 Å². The van der Waals surface area contributed by atoms with Gasteiger partial charge in [-0.1, -0.05) is 36.4 Å². The Bertz CT molecular complexity index is 787. The Kier molecular flexibility index (Phi) is 5.87. The van der Waals surface area contributed by atoms with Crippen LogP contribution in [0, 0.1) is 11.6 Å². The van der Waals surface area contributed by atoms with Gasteiger partial charge in [0.1, 0.15) is 5.54 Å². The zero-order valence-electron chi connectivity index (χ0n) is 15.4. The fourth-order valence-corrected chi connectivity index (χ4v) is 3.38. The molecule has 3 N–H and O–H groups in total. The zero-order valence-corrected chi connectivity index (χ0v) is 15.4. The van der Waals surface area contributed by atoms with Gasteiger partial charge in [-0.15, -0.1) is 0 Å². The molecule has 1 aliphatic rings. The van der Waals surface area contributed by atoms with Gasteiger partial charge in [-0.3, -0.25) is 9.69 Å². The van der Waals surface area contributed by atoms with Crippen LogP contribution in [0.1, 0.15) is 30.9 Å². The normalized spacial score (nSPS) is 18.1. The average molecular weight is 373 g/mol. The molecule has 1 atom stereocenters. The first-order chi connectivity index (χ1) is 12.9. The number of rotatable bonds is 5. The number of hydrogen-bond donors (Lipinski definition) is 2. The van der Waals surface area contributed by atoms with Crippen LogP contribution in [-0.2, 0) is 16.9 Å². The van der Waals surface area contributed by atoms with E-state index in [1.165, 1.54) is 6.07 Å². The van der Waals surface area contributed by atoms with Crippen LogP contribution < -0.4 is 11.1 Å². The van der Waals surface area contributed by atoms with Gasteiger partial charge in [0.05, 0.1) is 0 Å². The summed E-state index contributed by atoms with van der Waals surface area (Å²) in [4.78, 5) is 14.8. The SMILES string of the molecule is CC(N)(C(=O)NC1CCN(Cc2ccc(F)c(F)c2)CC1)c1ccccc1. The van der Waals surface area contributed by atoms with Crippen LogP contribution in [-0.4, -0.2) is 29.9 Å². The van der Waals surface area contributed by atoms with E-state index in [4.69, 9.17) is 5.73 Å². The standard InChI is InChI=1S/C21H25F2N3O/c1-21(24,16-5-3-2-4-6-16)20(27)25-17-9-11-26(12-10-17)14-15-7-8-18(22)19(23)13-15/h2-8,13,17H,9-12,14,24H2,1H3,(H,25,27). The molecule has 4 nitrogen and oxygen atoms in total. The van der Waals surface area contributed by atoms with Crippen LogP contribution in [0.4, 0.5) is 8.78 Å². The van der Waals surface area contributed by atoms with E-state index in [1.54, 1.807) is 13.0 Å². The predicted octanol–water partition coefficient (Wildman–Crippen LogP) is 2.92. The van der Waals surface area contributed by atoms with E-state index in [-0.39, 0.29) is 11.9 Å². The second kappa shape index (κ2) is 8.15. The first-order valence-corrected chi connectivity index (χ1v) is 9.18. The highest BCUT2D eigenvalue weighted by Crippen LogP contribution is 2.20. The minimum absolute atomic E-state index is 0.0605. The summed E-state index contributed by atoms with van der Waals surface area (Å²) < 4.78 is 26.4. The summed E-state index contributed by atoms with van der Waals surface area (Å²) in [6.45, 7) is 3.83. The van der Waals surface area contributed by atoms with Crippen molar-refractivity contribution in [1.82, 2.24) is 10.2 Å². The predicted molar refractivity (Wildman–Crippen MR) is 101 cm³/mol. The van der Waals surface area contributed by atoms with Crippen molar-refractivity contribution < 1.29 is 13.6 Å². The number of amides is 1. The molecule has 0 saturated carbocycles. The number of nitrogens with one attached hydrogen (secondary N) is 1. The zero-order chi connectivity index (χ0) is 19.4. The first kappa shape index (κ1) is 19.5. The number of halogens is 2.